The average molecular weight is 181 g/mol. The summed E-state index contributed by atoms with van der Waals surface area (Å²) < 4.78 is 5.33. The molecule has 1 aromatic carbocycles. The lowest BCUT2D eigenvalue weighted by Gasteiger charge is -2.19. The number of rotatable bonds is 3. The van der Waals surface area contributed by atoms with Gasteiger partial charge in [0.05, 0.1) is 0 Å². The first-order chi connectivity index (χ1) is 5.99. The van der Waals surface area contributed by atoms with E-state index in [-0.39, 0.29) is 11.3 Å². The van der Waals surface area contributed by atoms with E-state index in [1.165, 1.54) is 0 Å². The van der Waals surface area contributed by atoms with Gasteiger partial charge in [0, 0.05) is 5.54 Å². The van der Waals surface area contributed by atoms with Gasteiger partial charge < -0.3 is 15.6 Å². The summed E-state index contributed by atoms with van der Waals surface area (Å²) in [5, 5.41) is 9.34. The summed E-state index contributed by atoms with van der Waals surface area (Å²) >= 11 is 0. The number of hydrogen-bond donors (Lipinski definition) is 2. The molecule has 3 heteroatoms. The minimum Gasteiger partial charge on any atom is -0.504 e. The predicted molar refractivity (Wildman–Crippen MR) is 51.9 cm³/mol. The first-order valence-corrected chi connectivity index (χ1v) is 4.19. The number of hydrogen-bond acceptors (Lipinski definition) is 3. The average Bonchev–Trinajstić information content (AvgIpc) is 2.01. The van der Waals surface area contributed by atoms with Gasteiger partial charge in [0.1, 0.15) is 6.61 Å². The van der Waals surface area contributed by atoms with Crippen molar-refractivity contribution in [3.05, 3.63) is 24.3 Å². The molecule has 1 aromatic rings. The Morgan fingerprint density at radius 1 is 1.38 bits per heavy atom. The zero-order valence-corrected chi connectivity index (χ0v) is 7.95. The molecule has 0 aliphatic rings. The molecule has 0 bridgehead atoms. The molecule has 0 saturated heterocycles. The molecular weight excluding hydrogens is 166 g/mol. The van der Waals surface area contributed by atoms with E-state index in [1.807, 2.05) is 13.8 Å². The highest BCUT2D eigenvalue weighted by atomic mass is 16.5. The second kappa shape index (κ2) is 3.66. The monoisotopic (exact) mass is 181 g/mol. The van der Waals surface area contributed by atoms with Crippen LogP contribution in [0.3, 0.4) is 0 Å². The van der Waals surface area contributed by atoms with E-state index in [0.717, 1.165) is 0 Å². The lowest BCUT2D eigenvalue weighted by atomic mass is 10.1. The van der Waals surface area contributed by atoms with Crippen molar-refractivity contribution in [3.63, 3.8) is 0 Å². The second-order valence-corrected chi connectivity index (χ2v) is 3.74. The quantitative estimate of drug-likeness (QED) is 0.743. The van der Waals surface area contributed by atoms with Crippen LogP contribution >= 0.6 is 0 Å². The topological polar surface area (TPSA) is 55.5 Å². The molecular formula is C10H15NO2. The summed E-state index contributed by atoms with van der Waals surface area (Å²) in [7, 11) is 0. The highest BCUT2D eigenvalue weighted by Crippen LogP contribution is 2.24. The van der Waals surface area contributed by atoms with E-state index in [4.69, 9.17) is 10.5 Å². The van der Waals surface area contributed by atoms with Gasteiger partial charge in [0.25, 0.3) is 0 Å². The fourth-order valence-corrected chi connectivity index (χ4v) is 0.843. The summed E-state index contributed by atoms with van der Waals surface area (Å²) in [5.74, 6) is 0.618. The molecule has 1 rings (SSSR count). The van der Waals surface area contributed by atoms with Crippen molar-refractivity contribution in [1.82, 2.24) is 0 Å². The highest BCUT2D eigenvalue weighted by molar-refractivity contribution is 5.37. The number of aromatic hydroxyl groups is 1. The summed E-state index contributed by atoms with van der Waals surface area (Å²) in [4.78, 5) is 0. The summed E-state index contributed by atoms with van der Waals surface area (Å²) in [6, 6.07) is 6.84. The Hall–Kier alpha value is -1.22. The van der Waals surface area contributed by atoms with Crippen LogP contribution < -0.4 is 10.5 Å². The van der Waals surface area contributed by atoms with E-state index in [9.17, 15) is 5.11 Å². The molecule has 0 unspecified atom stereocenters. The fraction of sp³-hybridized carbons (Fsp3) is 0.400. The molecule has 0 aromatic heterocycles. The summed E-state index contributed by atoms with van der Waals surface area (Å²) in [6.45, 7) is 4.12. The maximum absolute atomic E-state index is 9.34. The SMILES string of the molecule is CC(C)(N)COc1ccccc1O. The molecule has 0 fully saturated rings. The Labute approximate surface area is 78.1 Å². The zero-order chi connectivity index (χ0) is 9.90. The van der Waals surface area contributed by atoms with Crippen LogP contribution in [0.25, 0.3) is 0 Å². The molecule has 13 heavy (non-hydrogen) atoms. The third-order valence-electron chi connectivity index (χ3n) is 1.46. The number of benzene rings is 1. The highest BCUT2D eigenvalue weighted by Gasteiger charge is 2.12. The normalized spacial score (nSPS) is 11.3. The lowest BCUT2D eigenvalue weighted by molar-refractivity contribution is 0.234. The minimum atomic E-state index is -0.387. The van der Waals surface area contributed by atoms with Crippen molar-refractivity contribution in [1.29, 1.82) is 0 Å². The molecule has 0 heterocycles. The van der Waals surface area contributed by atoms with Crippen LogP contribution in [-0.2, 0) is 0 Å². The largest absolute Gasteiger partial charge is 0.504 e. The summed E-state index contributed by atoms with van der Waals surface area (Å²) in [6.07, 6.45) is 0. The van der Waals surface area contributed by atoms with E-state index in [1.54, 1.807) is 24.3 Å². The Kier molecular flexibility index (Phi) is 2.78. The standard InChI is InChI=1S/C10H15NO2/c1-10(2,11)7-13-9-6-4-3-5-8(9)12/h3-6,12H,7,11H2,1-2H3. The van der Waals surface area contributed by atoms with Gasteiger partial charge in [-0.3, -0.25) is 0 Å². The van der Waals surface area contributed by atoms with Crippen molar-refractivity contribution in [2.24, 2.45) is 5.73 Å². The molecule has 3 nitrogen and oxygen atoms in total. The van der Waals surface area contributed by atoms with Gasteiger partial charge in [-0.15, -0.1) is 0 Å². The van der Waals surface area contributed by atoms with Crippen LogP contribution in [0.2, 0.25) is 0 Å². The van der Waals surface area contributed by atoms with Gasteiger partial charge in [-0.1, -0.05) is 12.1 Å². The number of para-hydroxylation sites is 2. The van der Waals surface area contributed by atoms with E-state index in [2.05, 4.69) is 0 Å². The molecule has 72 valence electrons. The van der Waals surface area contributed by atoms with Gasteiger partial charge in [0.15, 0.2) is 11.5 Å². The van der Waals surface area contributed by atoms with Crippen molar-refractivity contribution >= 4 is 0 Å². The molecule has 0 spiro atoms. The fourth-order valence-electron chi connectivity index (χ4n) is 0.843. The minimum absolute atomic E-state index is 0.145. The molecule has 0 amide bonds. The summed E-state index contributed by atoms with van der Waals surface area (Å²) in [5.41, 5.74) is 5.34. The van der Waals surface area contributed by atoms with Crippen molar-refractivity contribution < 1.29 is 9.84 Å². The molecule has 0 aliphatic heterocycles. The lowest BCUT2D eigenvalue weighted by Crippen LogP contribution is -2.38. The van der Waals surface area contributed by atoms with E-state index >= 15 is 0 Å². The maximum atomic E-state index is 9.34. The first kappa shape index (κ1) is 9.86. The van der Waals surface area contributed by atoms with Gasteiger partial charge in [-0.2, -0.15) is 0 Å². The smallest absolute Gasteiger partial charge is 0.161 e. The van der Waals surface area contributed by atoms with E-state index < -0.39 is 0 Å². The van der Waals surface area contributed by atoms with Crippen LogP contribution in [0.5, 0.6) is 11.5 Å². The van der Waals surface area contributed by atoms with Gasteiger partial charge in [-0.25, -0.2) is 0 Å². The Morgan fingerprint density at radius 3 is 2.54 bits per heavy atom. The number of phenols is 1. The predicted octanol–water partition coefficient (Wildman–Crippen LogP) is 1.51. The van der Waals surface area contributed by atoms with Crippen molar-refractivity contribution in [3.8, 4) is 11.5 Å². The van der Waals surface area contributed by atoms with Crippen LogP contribution in [-0.4, -0.2) is 17.3 Å². The number of ether oxygens (including phenoxy) is 1. The molecule has 0 atom stereocenters. The van der Waals surface area contributed by atoms with Crippen LogP contribution in [0.1, 0.15) is 13.8 Å². The van der Waals surface area contributed by atoms with Crippen molar-refractivity contribution in [2.45, 2.75) is 19.4 Å². The second-order valence-electron chi connectivity index (χ2n) is 3.74. The Morgan fingerprint density at radius 2 is 2.00 bits per heavy atom. The Balaban J connectivity index is 2.60. The van der Waals surface area contributed by atoms with Crippen molar-refractivity contribution in [2.75, 3.05) is 6.61 Å². The molecule has 0 aliphatic carbocycles. The number of nitrogens with two attached hydrogens (primary N) is 1. The van der Waals surface area contributed by atoms with Gasteiger partial charge >= 0.3 is 0 Å². The number of phenolic OH excluding ortho intramolecular Hbond substituents is 1. The zero-order valence-electron chi connectivity index (χ0n) is 7.95. The Bertz CT molecular complexity index is 278. The van der Waals surface area contributed by atoms with Gasteiger partial charge in [0.2, 0.25) is 0 Å². The first-order valence-electron chi connectivity index (χ1n) is 4.19. The maximum Gasteiger partial charge on any atom is 0.161 e. The third kappa shape index (κ3) is 3.34. The molecule has 0 saturated carbocycles. The van der Waals surface area contributed by atoms with Crippen LogP contribution in [0, 0.1) is 0 Å². The van der Waals surface area contributed by atoms with Crippen LogP contribution in [0.15, 0.2) is 24.3 Å². The van der Waals surface area contributed by atoms with E-state index in [0.29, 0.717) is 12.4 Å². The molecule has 3 N–H and O–H groups in total. The molecule has 0 radical (unpaired) electrons. The van der Waals surface area contributed by atoms with Gasteiger partial charge in [-0.05, 0) is 26.0 Å². The van der Waals surface area contributed by atoms with Crippen LogP contribution in [0.4, 0.5) is 0 Å². The third-order valence-corrected chi connectivity index (χ3v) is 1.46.